The zero-order chi connectivity index (χ0) is 24.5. The Balaban J connectivity index is 1.85. The standard InChI is InChI=1S/C27H37F3O3/c1-6-32-19(4)15-24(28)20(5)18(3)8-7-17(2)16-33-25-14-13-23(26(29)27(25)30)21-9-11-22(31)12-10-21/h13-15,17-18,21-22,31H,4-12,16H2,1-3H3/b24-15+. The fourth-order valence-electron chi connectivity index (χ4n) is 4.08. The van der Waals surface area contributed by atoms with E-state index in [0.717, 1.165) is 0 Å². The maximum absolute atomic E-state index is 14.6. The molecule has 0 radical (unpaired) electrons. The lowest BCUT2D eigenvalue weighted by molar-refractivity contribution is 0.122. The SMILES string of the molecule is C=C(/C=C(/F)C(=C)C(C)CCC(C)COc1ccc(C2CCC(O)CC2)c(F)c1F)OCC. The molecule has 1 aliphatic carbocycles. The van der Waals surface area contributed by atoms with Gasteiger partial charge >= 0.3 is 0 Å². The van der Waals surface area contributed by atoms with Gasteiger partial charge < -0.3 is 14.6 Å². The van der Waals surface area contributed by atoms with Gasteiger partial charge in [0.1, 0.15) is 11.6 Å². The zero-order valence-electron chi connectivity index (χ0n) is 20.0. The Morgan fingerprint density at radius 1 is 1.12 bits per heavy atom. The van der Waals surface area contributed by atoms with E-state index in [2.05, 4.69) is 13.2 Å². The minimum absolute atomic E-state index is 0.0626. The van der Waals surface area contributed by atoms with Gasteiger partial charge in [-0.15, -0.1) is 0 Å². The molecule has 0 spiro atoms. The monoisotopic (exact) mass is 466 g/mol. The summed E-state index contributed by atoms with van der Waals surface area (Å²) in [6.45, 7) is 13.8. The van der Waals surface area contributed by atoms with E-state index in [1.54, 1.807) is 13.0 Å². The molecule has 1 fully saturated rings. The van der Waals surface area contributed by atoms with Gasteiger partial charge in [-0.3, -0.25) is 0 Å². The molecule has 1 N–H and O–H groups in total. The number of rotatable bonds is 12. The van der Waals surface area contributed by atoms with Crippen molar-refractivity contribution in [2.75, 3.05) is 13.2 Å². The van der Waals surface area contributed by atoms with Crippen LogP contribution in [0.4, 0.5) is 13.2 Å². The van der Waals surface area contributed by atoms with Crippen LogP contribution in [-0.2, 0) is 4.74 Å². The number of aliphatic hydroxyl groups is 1. The first-order valence-corrected chi connectivity index (χ1v) is 11.8. The maximum Gasteiger partial charge on any atom is 0.200 e. The Labute approximate surface area is 196 Å². The predicted octanol–water partition coefficient (Wildman–Crippen LogP) is 7.37. The average molecular weight is 467 g/mol. The third kappa shape index (κ3) is 7.95. The number of benzene rings is 1. The van der Waals surface area contributed by atoms with E-state index >= 15 is 0 Å². The van der Waals surface area contributed by atoms with Gasteiger partial charge in [0.2, 0.25) is 5.82 Å². The van der Waals surface area contributed by atoms with Crippen molar-refractivity contribution in [1.82, 2.24) is 0 Å². The lowest BCUT2D eigenvalue weighted by Crippen LogP contribution is -2.18. The molecular weight excluding hydrogens is 429 g/mol. The van der Waals surface area contributed by atoms with E-state index in [1.165, 1.54) is 12.1 Å². The van der Waals surface area contributed by atoms with Crippen LogP contribution in [0.5, 0.6) is 5.75 Å². The minimum Gasteiger partial charge on any atom is -0.494 e. The molecule has 1 aromatic carbocycles. The largest absolute Gasteiger partial charge is 0.494 e. The topological polar surface area (TPSA) is 38.7 Å². The number of hydrogen-bond donors (Lipinski definition) is 1. The molecule has 0 saturated heterocycles. The summed E-state index contributed by atoms with van der Waals surface area (Å²) >= 11 is 0. The molecule has 2 rings (SSSR count). The predicted molar refractivity (Wildman–Crippen MR) is 126 cm³/mol. The van der Waals surface area contributed by atoms with Gasteiger partial charge in [0, 0.05) is 6.08 Å². The maximum atomic E-state index is 14.6. The lowest BCUT2D eigenvalue weighted by Gasteiger charge is -2.26. The molecule has 1 saturated carbocycles. The number of halogens is 3. The molecule has 0 heterocycles. The van der Waals surface area contributed by atoms with Crippen LogP contribution in [0.2, 0.25) is 0 Å². The van der Waals surface area contributed by atoms with Crippen LogP contribution >= 0.6 is 0 Å². The third-order valence-electron chi connectivity index (χ3n) is 6.35. The quantitative estimate of drug-likeness (QED) is 0.258. The molecule has 184 valence electrons. The summed E-state index contributed by atoms with van der Waals surface area (Å²) in [7, 11) is 0. The van der Waals surface area contributed by atoms with E-state index in [0.29, 0.717) is 56.3 Å². The highest BCUT2D eigenvalue weighted by Gasteiger charge is 2.26. The van der Waals surface area contributed by atoms with Gasteiger partial charge in [0.15, 0.2) is 11.6 Å². The highest BCUT2D eigenvalue weighted by Crippen LogP contribution is 2.36. The van der Waals surface area contributed by atoms with Crippen molar-refractivity contribution in [2.45, 2.75) is 71.3 Å². The third-order valence-corrected chi connectivity index (χ3v) is 6.35. The smallest absolute Gasteiger partial charge is 0.200 e. The van der Waals surface area contributed by atoms with Crippen molar-refractivity contribution in [3.8, 4) is 5.75 Å². The second kappa shape index (κ2) is 12.9. The Bertz CT molecular complexity index is 841. The first-order valence-electron chi connectivity index (χ1n) is 11.8. The lowest BCUT2D eigenvalue weighted by atomic mass is 9.82. The molecule has 2 unspecified atom stereocenters. The van der Waals surface area contributed by atoms with E-state index < -0.39 is 17.5 Å². The van der Waals surface area contributed by atoms with Gasteiger partial charge in [-0.05, 0) is 80.4 Å². The first kappa shape index (κ1) is 27.0. The summed E-state index contributed by atoms with van der Waals surface area (Å²) in [5, 5.41) is 9.63. The molecule has 0 amide bonds. The Morgan fingerprint density at radius 2 is 1.79 bits per heavy atom. The second-order valence-corrected chi connectivity index (χ2v) is 9.10. The van der Waals surface area contributed by atoms with Crippen molar-refractivity contribution in [3.05, 3.63) is 65.7 Å². The van der Waals surface area contributed by atoms with Crippen LogP contribution in [0, 0.1) is 23.5 Å². The van der Waals surface area contributed by atoms with Gasteiger partial charge in [-0.1, -0.05) is 33.1 Å². The number of aliphatic hydroxyl groups excluding tert-OH is 1. The molecule has 0 aliphatic heterocycles. The summed E-state index contributed by atoms with van der Waals surface area (Å²) < 4.78 is 54.2. The van der Waals surface area contributed by atoms with E-state index in [9.17, 15) is 18.3 Å². The summed E-state index contributed by atoms with van der Waals surface area (Å²) in [6.07, 6.45) is 4.79. The van der Waals surface area contributed by atoms with E-state index in [4.69, 9.17) is 9.47 Å². The van der Waals surface area contributed by atoms with E-state index in [1.807, 2.05) is 13.8 Å². The van der Waals surface area contributed by atoms with Crippen LogP contribution in [0.3, 0.4) is 0 Å². The zero-order valence-corrected chi connectivity index (χ0v) is 20.0. The fourth-order valence-corrected chi connectivity index (χ4v) is 4.08. The fraction of sp³-hybridized carbons (Fsp3) is 0.556. The van der Waals surface area contributed by atoms with E-state index in [-0.39, 0.29) is 42.0 Å². The first-order chi connectivity index (χ1) is 15.6. The molecule has 1 aliphatic rings. The van der Waals surface area contributed by atoms with Gasteiger partial charge in [0.05, 0.1) is 19.3 Å². The molecule has 0 bridgehead atoms. The molecular formula is C27H37F3O3. The molecule has 33 heavy (non-hydrogen) atoms. The summed E-state index contributed by atoms with van der Waals surface area (Å²) in [5.74, 6) is -2.23. The van der Waals surface area contributed by atoms with Crippen molar-refractivity contribution < 1.29 is 27.8 Å². The number of ether oxygens (including phenoxy) is 2. The summed E-state index contributed by atoms with van der Waals surface area (Å²) in [6, 6.07) is 3.08. The van der Waals surface area contributed by atoms with Crippen LogP contribution < -0.4 is 4.74 Å². The van der Waals surface area contributed by atoms with Crippen molar-refractivity contribution in [3.63, 3.8) is 0 Å². The molecule has 6 heteroatoms. The Morgan fingerprint density at radius 3 is 2.42 bits per heavy atom. The Kier molecular flexibility index (Phi) is 10.6. The van der Waals surface area contributed by atoms with Crippen LogP contribution in [0.1, 0.15) is 70.8 Å². The highest BCUT2D eigenvalue weighted by molar-refractivity contribution is 5.33. The van der Waals surface area contributed by atoms with Crippen LogP contribution in [0.25, 0.3) is 0 Å². The van der Waals surface area contributed by atoms with Crippen LogP contribution in [-0.4, -0.2) is 24.4 Å². The number of hydrogen-bond acceptors (Lipinski definition) is 3. The molecule has 3 nitrogen and oxygen atoms in total. The minimum atomic E-state index is -0.964. The van der Waals surface area contributed by atoms with Gasteiger partial charge in [0.25, 0.3) is 0 Å². The van der Waals surface area contributed by atoms with Crippen LogP contribution in [0.15, 0.2) is 48.5 Å². The van der Waals surface area contributed by atoms with Crippen molar-refractivity contribution in [1.29, 1.82) is 0 Å². The highest BCUT2D eigenvalue weighted by atomic mass is 19.2. The Hall–Kier alpha value is -2.21. The molecule has 0 aromatic heterocycles. The molecule has 1 aromatic rings. The number of allylic oxidation sites excluding steroid dienone is 3. The van der Waals surface area contributed by atoms with Gasteiger partial charge in [-0.2, -0.15) is 4.39 Å². The normalized spacial score (nSPS) is 20.8. The van der Waals surface area contributed by atoms with Crippen molar-refractivity contribution >= 4 is 0 Å². The molecule has 2 atom stereocenters. The summed E-state index contributed by atoms with van der Waals surface area (Å²) in [4.78, 5) is 0. The van der Waals surface area contributed by atoms with Gasteiger partial charge in [-0.25, -0.2) is 8.78 Å². The average Bonchev–Trinajstić information content (AvgIpc) is 2.78. The second-order valence-electron chi connectivity index (χ2n) is 9.10. The van der Waals surface area contributed by atoms with Crippen molar-refractivity contribution in [2.24, 2.45) is 11.8 Å². The summed E-state index contributed by atoms with van der Waals surface area (Å²) in [5.41, 5.74) is 0.733.